The zero-order valence-corrected chi connectivity index (χ0v) is 19.4. The number of fused-ring (bicyclic) bond motifs is 1. The number of pyridine rings is 1. The van der Waals surface area contributed by atoms with Gasteiger partial charge in [0.2, 0.25) is 5.88 Å². The predicted molar refractivity (Wildman–Crippen MR) is 121 cm³/mol. The van der Waals surface area contributed by atoms with Gasteiger partial charge in [0.1, 0.15) is 0 Å². The molecule has 6 nitrogen and oxygen atoms in total. The lowest BCUT2D eigenvalue weighted by molar-refractivity contribution is -0.106. The molecule has 3 aliphatic rings. The second-order valence-corrected chi connectivity index (χ2v) is 8.64. The molecule has 4 rings (SSSR count). The van der Waals surface area contributed by atoms with Crippen molar-refractivity contribution in [3.63, 3.8) is 0 Å². The van der Waals surface area contributed by atoms with Crippen LogP contribution in [0.15, 0.2) is 23.3 Å². The monoisotopic (exact) mass is 500 g/mol. The highest BCUT2D eigenvalue weighted by molar-refractivity contribution is 14.0. The maximum Gasteiger partial charge on any atom is 0.213 e. The molecule has 2 aliphatic carbocycles. The van der Waals surface area contributed by atoms with Crippen molar-refractivity contribution in [1.82, 2.24) is 15.6 Å². The number of hydrogen-bond donors (Lipinski definition) is 2. The van der Waals surface area contributed by atoms with Crippen LogP contribution in [0.2, 0.25) is 0 Å². The molecule has 7 heteroatoms. The Hall–Kier alpha value is -1.09. The van der Waals surface area contributed by atoms with Crippen molar-refractivity contribution in [2.24, 2.45) is 22.2 Å². The summed E-state index contributed by atoms with van der Waals surface area (Å²) in [7, 11) is 0. The van der Waals surface area contributed by atoms with E-state index in [1.54, 1.807) is 0 Å². The molecule has 3 unspecified atom stereocenters. The van der Waals surface area contributed by atoms with Crippen LogP contribution in [0.3, 0.4) is 0 Å². The number of ether oxygens (including phenoxy) is 2. The highest BCUT2D eigenvalue weighted by Gasteiger charge is 2.59. The van der Waals surface area contributed by atoms with Gasteiger partial charge in [0.05, 0.1) is 19.3 Å². The summed E-state index contributed by atoms with van der Waals surface area (Å²) in [4.78, 5) is 9.12. The van der Waals surface area contributed by atoms with Crippen LogP contribution in [0, 0.1) is 17.3 Å². The molecule has 1 aromatic heterocycles. The fraction of sp³-hybridized carbons (Fsp3) is 0.714. The van der Waals surface area contributed by atoms with Gasteiger partial charge in [-0.2, -0.15) is 0 Å². The quantitative estimate of drug-likeness (QED) is 0.342. The number of hydrogen-bond acceptors (Lipinski definition) is 4. The molecule has 0 bridgehead atoms. The van der Waals surface area contributed by atoms with E-state index in [1.165, 1.54) is 12.8 Å². The van der Waals surface area contributed by atoms with Gasteiger partial charge in [0.15, 0.2) is 5.96 Å². The van der Waals surface area contributed by atoms with Crippen molar-refractivity contribution in [2.75, 3.05) is 19.8 Å². The molecule has 28 heavy (non-hydrogen) atoms. The smallest absolute Gasteiger partial charge is 0.213 e. The SMILES string of the molecule is CCNC(=NCc1ccnc(OCC2CC2)c1)NC1C2CCOC2C1(C)C.I. The number of nitrogens with one attached hydrogen (secondary N) is 2. The van der Waals surface area contributed by atoms with E-state index in [2.05, 4.69) is 36.4 Å². The standard InChI is InChI=1S/C21H32N4O2.HI/c1-4-22-20(25-18-16-8-10-26-19(16)21(18,2)3)24-12-15-7-9-23-17(11-15)27-13-14-5-6-14;/h7,9,11,14,16,18-19H,4-6,8,10,12-13H2,1-3H3,(H2,22,24,25);1H. The number of rotatable bonds is 7. The summed E-state index contributed by atoms with van der Waals surface area (Å²) in [6, 6.07) is 4.41. The van der Waals surface area contributed by atoms with Gasteiger partial charge >= 0.3 is 0 Å². The maximum absolute atomic E-state index is 5.90. The minimum atomic E-state index is 0. The summed E-state index contributed by atoms with van der Waals surface area (Å²) in [5, 5.41) is 7.05. The van der Waals surface area contributed by atoms with Gasteiger partial charge in [-0.05, 0) is 43.7 Å². The first-order chi connectivity index (χ1) is 13.1. The second-order valence-electron chi connectivity index (χ2n) is 8.64. The Labute approximate surface area is 185 Å². The fourth-order valence-electron chi connectivity index (χ4n) is 4.37. The van der Waals surface area contributed by atoms with Gasteiger partial charge in [0.25, 0.3) is 0 Å². The van der Waals surface area contributed by atoms with Crippen LogP contribution in [0.25, 0.3) is 0 Å². The van der Waals surface area contributed by atoms with Crippen LogP contribution < -0.4 is 15.4 Å². The number of aliphatic imine (C=N–C) groups is 1. The van der Waals surface area contributed by atoms with Crippen molar-refractivity contribution >= 4 is 29.9 Å². The molecule has 0 aromatic carbocycles. The lowest BCUT2D eigenvalue weighted by Crippen LogP contribution is -2.67. The zero-order chi connectivity index (χ0) is 18.9. The molecule has 3 atom stereocenters. The third kappa shape index (κ3) is 4.72. The largest absolute Gasteiger partial charge is 0.477 e. The molecule has 156 valence electrons. The Morgan fingerprint density at radius 2 is 2.18 bits per heavy atom. The molecule has 0 radical (unpaired) electrons. The minimum Gasteiger partial charge on any atom is -0.477 e. The lowest BCUT2D eigenvalue weighted by atomic mass is 9.57. The number of guanidine groups is 1. The number of halogens is 1. The molecule has 2 N–H and O–H groups in total. The highest BCUT2D eigenvalue weighted by Crippen LogP contribution is 2.52. The first kappa shape index (κ1) is 21.6. The first-order valence-electron chi connectivity index (χ1n) is 10.3. The second kappa shape index (κ2) is 9.15. The Kier molecular flexibility index (Phi) is 7.07. The third-order valence-corrected chi connectivity index (χ3v) is 6.12. The molecule has 0 spiro atoms. The van der Waals surface area contributed by atoms with Crippen LogP contribution in [0.4, 0.5) is 0 Å². The van der Waals surface area contributed by atoms with Gasteiger partial charge in [-0.3, -0.25) is 0 Å². The highest BCUT2D eigenvalue weighted by atomic mass is 127. The Balaban J connectivity index is 0.00000225. The molecule has 3 fully saturated rings. The van der Waals surface area contributed by atoms with Crippen molar-refractivity contribution in [2.45, 2.75) is 58.7 Å². The Bertz CT molecular complexity index is 693. The molecule has 1 aromatic rings. The lowest BCUT2D eigenvalue weighted by Gasteiger charge is -2.54. The molecule has 0 amide bonds. The average Bonchev–Trinajstić information content (AvgIpc) is 3.38. The van der Waals surface area contributed by atoms with Crippen LogP contribution in [-0.2, 0) is 11.3 Å². The van der Waals surface area contributed by atoms with Crippen molar-refractivity contribution < 1.29 is 9.47 Å². The Morgan fingerprint density at radius 1 is 1.36 bits per heavy atom. The molecule has 2 saturated carbocycles. The summed E-state index contributed by atoms with van der Waals surface area (Å²) in [6.07, 6.45) is 5.89. The van der Waals surface area contributed by atoms with E-state index in [9.17, 15) is 0 Å². The van der Waals surface area contributed by atoms with E-state index in [0.29, 0.717) is 30.5 Å². The molecule has 1 saturated heterocycles. The summed E-state index contributed by atoms with van der Waals surface area (Å²) in [5.41, 5.74) is 1.25. The van der Waals surface area contributed by atoms with Gasteiger partial charge in [-0.25, -0.2) is 9.98 Å². The van der Waals surface area contributed by atoms with Crippen LogP contribution in [-0.4, -0.2) is 42.8 Å². The van der Waals surface area contributed by atoms with E-state index < -0.39 is 0 Å². The predicted octanol–water partition coefficient (Wildman–Crippen LogP) is 3.36. The van der Waals surface area contributed by atoms with Gasteiger partial charge in [-0.15, -0.1) is 24.0 Å². The Morgan fingerprint density at radius 3 is 2.93 bits per heavy atom. The summed E-state index contributed by atoms with van der Waals surface area (Å²) in [5.74, 6) is 2.90. The normalized spacial score (nSPS) is 28.0. The van der Waals surface area contributed by atoms with E-state index >= 15 is 0 Å². The van der Waals surface area contributed by atoms with Gasteiger partial charge in [0, 0.05) is 42.8 Å². The molecular formula is C21H33IN4O2. The minimum absolute atomic E-state index is 0. The van der Waals surface area contributed by atoms with Crippen LogP contribution in [0.1, 0.15) is 45.6 Å². The van der Waals surface area contributed by atoms with E-state index in [0.717, 1.165) is 43.6 Å². The zero-order valence-electron chi connectivity index (χ0n) is 17.1. The maximum atomic E-state index is 5.90. The topological polar surface area (TPSA) is 67.8 Å². The molecule has 1 aliphatic heterocycles. The van der Waals surface area contributed by atoms with E-state index in [4.69, 9.17) is 14.5 Å². The van der Waals surface area contributed by atoms with Crippen molar-refractivity contribution in [3.05, 3.63) is 23.9 Å². The number of nitrogens with zero attached hydrogens (tertiary/aromatic N) is 2. The van der Waals surface area contributed by atoms with Gasteiger partial charge < -0.3 is 20.1 Å². The number of aromatic nitrogens is 1. The van der Waals surface area contributed by atoms with Crippen LogP contribution >= 0.6 is 24.0 Å². The van der Waals surface area contributed by atoms with E-state index in [-0.39, 0.29) is 29.4 Å². The third-order valence-electron chi connectivity index (χ3n) is 6.12. The van der Waals surface area contributed by atoms with E-state index in [1.807, 2.05) is 18.3 Å². The first-order valence-corrected chi connectivity index (χ1v) is 10.3. The van der Waals surface area contributed by atoms with Crippen molar-refractivity contribution in [3.8, 4) is 5.88 Å². The van der Waals surface area contributed by atoms with Crippen LogP contribution in [0.5, 0.6) is 5.88 Å². The fourth-order valence-corrected chi connectivity index (χ4v) is 4.37. The summed E-state index contributed by atoms with van der Waals surface area (Å²) in [6.45, 7) is 9.78. The van der Waals surface area contributed by atoms with Gasteiger partial charge in [-0.1, -0.05) is 13.8 Å². The molecular weight excluding hydrogens is 467 g/mol. The summed E-state index contributed by atoms with van der Waals surface area (Å²) < 4.78 is 11.7. The average molecular weight is 500 g/mol. The van der Waals surface area contributed by atoms with Crippen molar-refractivity contribution in [1.29, 1.82) is 0 Å². The summed E-state index contributed by atoms with van der Waals surface area (Å²) >= 11 is 0. The molecule has 2 heterocycles.